The monoisotopic (exact) mass is 362 g/mol. The second-order valence-electron chi connectivity index (χ2n) is 7.13. The Hall–Kier alpha value is -2.41. The van der Waals surface area contributed by atoms with Crippen molar-refractivity contribution in [1.82, 2.24) is 0 Å². The van der Waals surface area contributed by atoms with E-state index >= 15 is 0 Å². The number of benzene rings is 2. The fraction of sp³-hybridized carbons (Fsp3) is 0.261. The topological polar surface area (TPSA) is 26.3 Å². The van der Waals surface area contributed by atoms with Gasteiger partial charge in [0.25, 0.3) is 8.32 Å². The van der Waals surface area contributed by atoms with Gasteiger partial charge in [-0.15, -0.1) is 0 Å². The van der Waals surface area contributed by atoms with Crippen molar-refractivity contribution in [3.05, 3.63) is 73.3 Å². The molecule has 0 amide bonds. The van der Waals surface area contributed by atoms with E-state index in [0.717, 1.165) is 0 Å². The van der Waals surface area contributed by atoms with Crippen LogP contribution < -0.4 is 10.4 Å². The minimum absolute atomic E-state index is 0.0555. The Kier molecular flexibility index (Phi) is 6.74. The van der Waals surface area contributed by atoms with Gasteiger partial charge in [0.15, 0.2) is 0 Å². The third-order valence-corrected chi connectivity index (χ3v) is 9.40. The Bertz CT molecular complexity index is 753. The highest BCUT2D eigenvalue weighted by molar-refractivity contribution is 6.99. The van der Waals surface area contributed by atoms with E-state index in [9.17, 15) is 4.79 Å². The molecular formula is C23H26O2Si. The number of allylic oxidation sites excluding steroid dienone is 1. The van der Waals surface area contributed by atoms with E-state index in [1.165, 1.54) is 16.4 Å². The Morgan fingerprint density at radius 1 is 1.04 bits per heavy atom. The van der Waals surface area contributed by atoms with Crippen molar-refractivity contribution in [2.45, 2.75) is 32.2 Å². The lowest BCUT2D eigenvalue weighted by Crippen LogP contribution is -2.66. The first-order chi connectivity index (χ1) is 12.4. The van der Waals surface area contributed by atoms with E-state index in [4.69, 9.17) is 4.43 Å². The lowest BCUT2D eigenvalue weighted by molar-refractivity contribution is -0.109. The molecule has 3 heteroatoms. The molecule has 26 heavy (non-hydrogen) atoms. The summed E-state index contributed by atoms with van der Waals surface area (Å²) in [5.74, 6) is 5.20. The van der Waals surface area contributed by atoms with Crippen LogP contribution in [0.4, 0.5) is 0 Å². The van der Waals surface area contributed by atoms with Gasteiger partial charge in [-0.05, 0) is 27.4 Å². The van der Waals surface area contributed by atoms with Crippen LogP contribution in [0, 0.1) is 11.8 Å². The molecule has 0 fully saturated rings. The summed E-state index contributed by atoms with van der Waals surface area (Å²) in [6, 6.07) is 21.0. The standard InChI is InChI=1S/C23H26O2Si/c1-5-20(24)14-12-13-19-25-26(23(2,3)4,21-15-8-6-9-16-21)22-17-10-7-11-18-22/h5-11,15-18H,1,13,19H2,2-4H3. The van der Waals surface area contributed by atoms with Crippen molar-refractivity contribution in [2.75, 3.05) is 6.61 Å². The smallest absolute Gasteiger partial charge is 0.261 e. The van der Waals surface area contributed by atoms with E-state index in [2.05, 4.69) is 87.7 Å². The number of hydrogen-bond donors (Lipinski definition) is 0. The van der Waals surface area contributed by atoms with Gasteiger partial charge in [-0.3, -0.25) is 4.79 Å². The van der Waals surface area contributed by atoms with Gasteiger partial charge >= 0.3 is 0 Å². The molecule has 0 aliphatic carbocycles. The van der Waals surface area contributed by atoms with E-state index < -0.39 is 8.32 Å². The predicted octanol–water partition coefficient (Wildman–Crippen LogP) is 3.71. The van der Waals surface area contributed by atoms with Crippen LogP contribution in [0.3, 0.4) is 0 Å². The summed E-state index contributed by atoms with van der Waals surface area (Å²) in [4.78, 5) is 11.3. The van der Waals surface area contributed by atoms with Crippen molar-refractivity contribution in [3.8, 4) is 11.8 Å². The Labute approximate surface area is 158 Å². The highest BCUT2D eigenvalue weighted by Crippen LogP contribution is 2.36. The third-order valence-electron chi connectivity index (χ3n) is 4.36. The van der Waals surface area contributed by atoms with Crippen LogP contribution in [0.25, 0.3) is 0 Å². The van der Waals surface area contributed by atoms with Gasteiger partial charge in [0.2, 0.25) is 5.78 Å². The van der Waals surface area contributed by atoms with Crippen molar-refractivity contribution >= 4 is 24.5 Å². The highest BCUT2D eigenvalue weighted by atomic mass is 28.4. The summed E-state index contributed by atoms with van der Waals surface area (Å²) < 4.78 is 6.68. The zero-order valence-corrected chi connectivity index (χ0v) is 16.8. The summed E-state index contributed by atoms with van der Waals surface area (Å²) in [6.45, 7) is 10.7. The summed E-state index contributed by atoms with van der Waals surface area (Å²) in [5.41, 5.74) is 0. The fourth-order valence-corrected chi connectivity index (χ4v) is 7.78. The normalized spacial score (nSPS) is 11.3. The minimum Gasteiger partial charge on any atom is -0.406 e. The average Bonchev–Trinajstić information content (AvgIpc) is 2.65. The molecule has 2 nitrogen and oxygen atoms in total. The van der Waals surface area contributed by atoms with Gasteiger partial charge < -0.3 is 4.43 Å². The molecular weight excluding hydrogens is 336 g/mol. The SMILES string of the molecule is C=CC(=O)C#CCCO[Si](c1ccccc1)(c1ccccc1)C(C)(C)C. The van der Waals surface area contributed by atoms with Gasteiger partial charge in [-0.2, -0.15) is 0 Å². The molecule has 0 aliphatic rings. The Morgan fingerprint density at radius 3 is 1.96 bits per heavy atom. The van der Waals surface area contributed by atoms with Crippen LogP contribution in [0.5, 0.6) is 0 Å². The van der Waals surface area contributed by atoms with Gasteiger partial charge in [0.1, 0.15) is 0 Å². The average molecular weight is 363 g/mol. The molecule has 0 unspecified atom stereocenters. The molecule has 2 rings (SSSR count). The van der Waals surface area contributed by atoms with E-state index in [1.54, 1.807) is 0 Å². The number of hydrogen-bond acceptors (Lipinski definition) is 2. The first-order valence-electron chi connectivity index (χ1n) is 8.82. The van der Waals surface area contributed by atoms with E-state index in [1.807, 2.05) is 12.1 Å². The molecule has 0 aliphatic heterocycles. The van der Waals surface area contributed by atoms with Crippen LogP contribution in [0.1, 0.15) is 27.2 Å². The molecule has 0 saturated carbocycles. The summed E-state index contributed by atoms with van der Waals surface area (Å²) in [6.07, 6.45) is 1.75. The third kappa shape index (κ3) is 4.40. The maximum atomic E-state index is 11.3. The van der Waals surface area contributed by atoms with E-state index in [0.29, 0.717) is 13.0 Å². The molecule has 0 N–H and O–H groups in total. The van der Waals surface area contributed by atoms with Crippen LogP contribution >= 0.6 is 0 Å². The van der Waals surface area contributed by atoms with Crippen LogP contribution in [0.2, 0.25) is 5.04 Å². The van der Waals surface area contributed by atoms with Gasteiger partial charge in [-0.25, -0.2) is 0 Å². The fourth-order valence-electron chi connectivity index (χ4n) is 3.22. The van der Waals surface area contributed by atoms with Crippen molar-refractivity contribution in [1.29, 1.82) is 0 Å². The molecule has 2 aromatic rings. The molecule has 0 bridgehead atoms. The van der Waals surface area contributed by atoms with Gasteiger partial charge in [0.05, 0.1) is 0 Å². The molecule has 0 aromatic heterocycles. The molecule has 0 spiro atoms. The highest BCUT2D eigenvalue weighted by Gasteiger charge is 2.49. The summed E-state index contributed by atoms with van der Waals surface area (Å²) in [7, 11) is -2.51. The van der Waals surface area contributed by atoms with Gasteiger partial charge in [0, 0.05) is 13.0 Å². The van der Waals surface area contributed by atoms with Crippen molar-refractivity contribution in [2.24, 2.45) is 0 Å². The lowest BCUT2D eigenvalue weighted by atomic mass is 10.2. The second kappa shape index (κ2) is 8.80. The number of ketones is 1. The summed E-state index contributed by atoms with van der Waals surface area (Å²) >= 11 is 0. The van der Waals surface area contributed by atoms with Crippen LogP contribution in [-0.4, -0.2) is 20.7 Å². The van der Waals surface area contributed by atoms with Crippen LogP contribution in [-0.2, 0) is 9.22 Å². The zero-order valence-electron chi connectivity index (χ0n) is 15.8. The second-order valence-corrected chi connectivity index (χ2v) is 11.4. The summed E-state index contributed by atoms with van der Waals surface area (Å²) in [5, 5.41) is 2.43. The van der Waals surface area contributed by atoms with E-state index in [-0.39, 0.29) is 10.8 Å². The quantitative estimate of drug-likeness (QED) is 0.257. The Balaban J connectivity index is 2.42. The molecule has 0 heterocycles. The minimum atomic E-state index is -2.51. The molecule has 0 radical (unpaired) electrons. The maximum absolute atomic E-state index is 11.3. The Morgan fingerprint density at radius 2 is 1.54 bits per heavy atom. The first-order valence-corrected chi connectivity index (χ1v) is 10.7. The van der Waals surface area contributed by atoms with Crippen LogP contribution in [0.15, 0.2) is 73.3 Å². The predicted molar refractivity (Wildman–Crippen MR) is 111 cm³/mol. The number of carbonyl (C=O) groups is 1. The van der Waals surface area contributed by atoms with Gasteiger partial charge in [-0.1, -0.05) is 93.9 Å². The molecule has 2 aromatic carbocycles. The molecule has 0 atom stereocenters. The lowest BCUT2D eigenvalue weighted by Gasteiger charge is -2.43. The number of rotatable bonds is 6. The first kappa shape index (κ1) is 19.9. The molecule has 0 saturated heterocycles. The largest absolute Gasteiger partial charge is 0.406 e. The van der Waals surface area contributed by atoms with Crippen molar-refractivity contribution in [3.63, 3.8) is 0 Å². The number of carbonyl (C=O) groups excluding carboxylic acids is 1. The molecule has 134 valence electrons. The van der Waals surface area contributed by atoms with Crippen molar-refractivity contribution < 1.29 is 9.22 Å². The zero-order chi connectivity index (χ0) is 19.0. The maximum Gasteiger partial charge on any atom is 0.261 e.